The second kappa shape index (κ2) is 8.95. The minimum absolute atomic E-state index is 0.201. The van der Waals surface area contributed by atoms with Gasteiger partial charge in [0.2, 0.25) is 0 Å². The van der Waals surface area contributed by atoms with Gasteiger partial charge in [-0.05, 0) is 72.5 Å². The van der Waals surface area contributed by atoms with E-state index in [0.29, 0.717) is 17.3 Å². The van der Waals surface area contributed by atoms with Gasteiger partial charge in [0.05, 0.1) is 31.0 Å². The van der Waals surface area contributed by atoms with Gasteiger partial charge in [0, 0.05) is 23.1 Å². The molecule has 2 amide bonds. The zero-order chi connectivity index (χ0) is 23.8. The van der Waals surface area contributed by atoms with Crippen molar-refractivity contribution in [3.8, 4) is 11.5 Å². The van der Waals surface area contributed by atoms with Crippen LogP contribution in [0, 0.1) is 6.92 Å². The fourth-order valence-electron chi connectivity index (χ4n) is 4.65. The fourth-order valence-corrected chi connectivity index (χ4v) is 4.94. The van der Waals surface area contributed by atoms with Crippen LogP contribution < -0.4 is 14.8 Å². The maximum atomic E-state index is 13.5. The Morgan fingerprint density at radius 1 is 1.03 bits per heavy atom. The molecule has 34 heavy (non-hydrogen) atoms. The highest BCUT2D eigenvalue weighted by atomic mass is 35.5. The number of hydrogen-bond acceptors (Lipinski definition) is 3. The van der Waals surface area contributed by atoms with Crippen molar-refractivity contribution >= 4 is 34.2 Å². The lowest BCUT2D eigenvalue weighted by molar-refractivity contribution is 0.193. The number of carbonyl (C=O) groups is 1. The molecule has 1 aliphatic heterocycles. The molecule has 1 unspecified atom stereocenters. The van der Waals surface area contributed by atoms with Crippen molar-refractivity contribution in [1.82, 2.24) is 9.88 Å². The van der Waals surface area contributed by atoms with Crippen LogP contribution in [0.15, 0.2) is 60.7 Å². The van der Waals surface area contributed by atoms with Crippen molar-refractivity contribution < 1.29 is 14.3 Å². The number of fused-ring (bicyclic) bond motifs is 3. The van der Waals surface area contributed by atoms with E-state index in [1.165, 1.54) is 5.56 Å². The number of anilines is 1. The van der Waals surface area contributed by atoms with Crippen molar-refractivity contribution in [1.29, 1.82) is 0 Å². The topological polar surface area (TPSA) is 66.6 Å². The number of nitrogens with zero attached hydrogens (tertiary/aromatic N) is 1. The molecule has 0 radical (unpaired) electrons. The van der Waals surface area contributed by atoms with E-state index in [4.69, 9.17) is 21.1 Å². The van der Waals surface area contributed by atoms with Gasteiger partial charge in [0.15, 0.2) is 0 Å². The van der Waals surface area contributed by atoms with E-state index in [9.17, 15) is 4.79 Å². The van der Waals surface area contributed by atoms with Gasteiger partial charge in [0.1, 0.15) is 11.5 Å². The van der Waals surface area contributed by atoms with E-state index in [-0.39, 0.29) is 12.1 Å². The van der Waals surface area contributed by atoms with E-state index in [1.54, 1.807) is 14.2 Å². The molecule has 1 aliphatic rings. The maximum Gasteiger partial charge on any atom is 0.322 e. The molecule has 0 saturated heterocycles. The third kappa shape index (κ3) is 3.94. The summed E-state index contributed by atoms with van der Waals surface area (Å²) in [7, 11) is 3.31. The molecule has 0 bridgehead atoms. The van der Waals surface area contributed by atoms with E-state index in [1.807, 2.05) is 66.4 Å². The Balaban J connectivity index is 1.58. The zero-order valence-electron chi connectivity index (χ0n) is 19.3. The highest BCUT2D eigenvalue weighted by Crippen LogP contribution is 2.40. The Hall–Kier alpha value is -3.64. The number of hydrogen-bond donors (Lipinski definition) is 2. The van der Waals surface area contributed by atoms with Gasteiger partial charge in [-0.2, -0.15) is 0 Å². The number of halogens is 1. The number of aromatic nitrogens is 1. The maximum absolute atomic E-state index is 13.5. The molecule has 2 N–H and O–H groups in total. The summed E-state index contributed by atoms with van der Waals surface area (Å²) in [6.07, 6.45) is 0.726. The normalized spacial score (nSPS) is 15.2. The predicted molar refractivity (Wildman–Crippen MR) is 135 cm³/mol. The molecule has 0 spiro atoms. The van der Waals surface area contributed by atoms with E-state index < -0.39 is 0 Å². The van der Waals surface area contributed by atoms with Gasteiger partial charge in [-0.15, -0.1) is 0 Å². The molecule has 4 aromatic rings. The first-order valence-electron chi connectivity index (χ1n) is 11.1. The molecule has 1 aromatic heterocycles. The number of nitrogens with one attached hydrogen (secondary N) is 2. The van der Waals surface area contributed by atoms with Gasteiger partial charge >= 0.3 is 6.03 Å². The number of benzene rings is 3. The third-order valence-corrected chi connectivity index (χ3v) is 6.71. The van der Waals surface area contributed by atoms with E-state index in [2.05, 4.69) is 16.4 Å². The summed E-state index contributed by atoms with van der Waals surface area (Å²) in [4.78, 5) is 19.0. The molecule has 6 nitrogen and oxygen atoms in total. The van der Waals surface area contributed by atoms with Crippen molar-refractivity contribution in [2.75, 3.05) is 26.1 Å². The minimum Gasteiger partial charge on any atom is -0.497 e. The van der Waals surface area contributed by atoms with Crippen molar-refractivity contribution in [3.05, 3.63) is 88.1 Å². The Labute approximate surface area is 203 Å². The largest absolute Gasteiger partial charge is 0.497 e. The number of methoxy groups -OCH3 is 2. The van der Waals surface area contributed by atoms with Crippen LogP contribution in [-0.2, 0) is 6.42 Å². The van der Waals surface area contributed by atoms with Crippen LogP contribution in [0.4, 0.5) is 10.5 Å². The van der Waals surface area contributed by atoms with Crippen LogP contribution >= 0.6 is 11.6 Å². The first-order chi connectivity index (χ1) is 16.5. The number of H-pyrrole nitrogens is 1. The van der Waals surface area contributed by atoms with Gasteiger partial charge in [-0.3, -0.25) is 0 Å². The van der Waals surface area contributed by atoms with Gasteiger partial charge in [0.25, 0.3) is 0 Å². The summed E-state index contributed by atoms with van der Waals surface area (Å²) in [6, 6.07) is 19.0. The SMILES string of the molecule is COc1ccc(C2c3[nH]c4ccc(OC)cc4c3CCN2C(=O)Nc2ccc(C)cc2Cl)cc1. The smallest absolute Gasteiger partial charge is 0.322 e. The summed E-state index contributed by atoms with van der Waals surface area (Å²) in [6.45, 7) is 2.53. The summed E-state index contributed by atoms with van der Waals surface area (Å²) in [5, 5.41) is 4.65. The fraction of sp³-hybridized carbons (Fsp3) is 0.222. The molecule has 2 heterocycles. The zero-order valence-corrected chi connectivity index (χ0v) is 20.1. The molecule has 0 saturated carbocycles. The lowest BCUT2D eigenvalue weighted by Crippen LogP contribution is -2.43. The summed E-state index contributed by atoms with van der Waals surface area (Å²) in [5.74, 6) is 1.58. The first kappa shape index (κ1) is 22.2. The van der Waals surface area contributed by atoms with Gasteiger partial charge in [-0.1, -0.05) is 29.8 Å². The summed E-state index contributed by atoms with van der Waals surface area (Å²) < 4.78 is 10.8. The van der Waals surface area contributed by atoms with Crippen LogP contribution in [0.3, 0.4) is 0 Å². The average Bonchev–Trinajstić information content (AvgIpc) is 3.23. The average molecular weight is 476 g/mol. The molecule has 0 aliphatic carbocycles. The highest BCUT2D eigenvalue weighted by molar-refractivity contribution is 6.33. The highest BCUT2D eigenvalue weighted by Gasteiger charge is 2.35. The lowest BCUT2D eigenvalue weighted by atomic mass is 9.92. The predicted octanol–water partition coefficient (Wildman–Crippen LogP) is 6.33. The number of ether oxygens (including phenoxy) is 2. The molecule has 174 valence electrons. The number of urea groups is 1. The number of rotatable bonds is 4. The molecule has 3 aromatic carbocycles. The van der Waals surface area contributed by atoms with Crippen molar-refractivity contribution in [3.63, 3.8) is 0 Å². The Bertz CT molecular complexity index is 1360. The second-order valence-electron chi connectivity index (χ2n) is 8.46. The lowest BCUT2D eigenvalue weighted by Gasteiger charge is -2.36. The quantitative estimate of drug-likeness (QED) is 0.362. The Morgan fingerprint density at radius 2 is 1.76 bits per heavy atom. The van der Waals surface area contributed by atoms with E-state index >= 15 is 0 Å². The molecule has 5 rings (SSSR count). The van der Waals surface area contributed by atoms with Crippen LogP contribution in [0.1, 0.15) is 28.4 Å². The van der Waals surface area contributed by atoms with Crippen LogP contribution in [0.5, 0.6) is 11.5 Å². The van der Waals surface area contributed by atoms with Gasteiger partial charge < -0.3 is 24.7 Å². The molecular formula is C27H26ClN3O3. The van der Waals surface area contributed by atoms with Crippen LogP contribution in [0.25, 0.3) is 10.9 Å². The number of aryl methyl sites for hydroxylation is 1. The summed E-state index contributed by atoms with van der Waals surface area (Å²) in [5.41, 5.74) is 5.85. The number of amides is 2. The molecule has 7 heteroatoms. The van der Waals surface area contributed by atoms with Crippen molar-refractivity contribution in [2.24, 2.45) is 0 Å². The van der Waals surface area contributed by atoms with Crippen LogP contribution in [-0.4, -0.2) is 36.7 Å². The van der Waals surface area contributed by atoms with Gasteiger partial charge in [-0.25, -0.2) is 4.79 Å². The standard InChI is InChI=1S/C27H26ClN3O3/c1-16-4-10-24(22(28)14-16)30-27(32)31-13-12-20-21-15-19(34-3)9-11-23(21)29-25(20)26(31)17-5-7-18(33-2)8-6-17/h4-11,14-15,26,29H,12-13H2,1-3H3,(H,30,32). The van der Waals surface area contributed by atoms with E-state index in [0.717, 1.165) is 45.6 Å². The Kier molecular flexibility index (Phi) is 5.84. The molecule has 1 atom stereocenters. The van der Waals surface area contributed by atoms with Crippen molar-refractivity contribution in [2.45, 2.75) is 19.4 Å². The molecule has 0 fully saturated rings. The third-order valence-electron chi connectivity index (χ3n) is 6.39. The van der Waals surface area contributed by atoms with Crippen LogP contribution in [0.2, 0.25) is 5.02 Å². The Morgan fingerprint density at radius 3 is 2.47 bits per heavy atom. The number of carbonyl (C=O) groups excluding carboxylic acids is 1. The second-order valence-corrected chi connectivity index (χ2v) is 8.87. The molecular weight excluding hydrogens is 450 g/mol. The monoisotopic (exact) mass is 475 g/mol. The first-order valence-corrected chi connectivity index (χ1v) is 11.5. The summed E-state index contributed by atoms with van der Waals surface area (Å²) >= 11 is 6.40. The minimum atomic E-state index is -0.294. The number of aromatic amines is 1.